The highest BCUT2D eigenvalue weighted by Gasteiger charge is 2.33. The molecular formula is C18H23F2N. The first-order chi connectivity index (χ1) is 9.85. The lowest BCUT2D eigenvalue weighted by molar-refractivity contribution is 0.0519. The number of benzene rings is 1. The molecule has 0 aromatic heterocycles. The molecule has 0 spiro atoms. The minimum atomic E-state index is -2.99. The van der Waals surface area contributed by atoms with E-state index in [2.05, 4.69) is 25.1 Å². The number of rotatable bonds is 7. The molecule has 0 aliphatic rings. The Balaban J connectivity index is 3.20. The van der Waals surface area contributed by atoms with Gasteiger partial charge in [-0.15, -0.1) is 6.58 Å². The zero-order valence-electron chi connectivity index (χ0n) is 13.0. The van der Waals surface area contributed by atoms with Gasteiger partial charge in [-0.05, 0) is 37.0 Å². The Bertz CT molecular complexity index is 556. The first kappa shape index (κ1) is 17.3. The maximum Gasteiger partial charge on any atom is 0.277 e. The van der Waals surface area contributed by atoms with Gasteiger partial charge in [-0.1, -0.05) is 38.6 Å². The molecule has 0 aliphatic carbocycles. The van der Waals surface area contributed by atoms with Crippen LogP contribution in [0.5, 0.6) is 0 Å². The number of aryl methyl sites for hydroxylation is 2. The highest BCUT2D eigenvalue weighted by atomic mass is 19.3. The monoisotopic (exact) mass is 291 g/mol. The fourth-order valence-corrected chi connectivity index (χ4v) is 2.02. The van der Waals surface area contributed by atoms with Gasteiger partial charge in [-0.3, -0.25) is 4.99 Å². The molecule has 0 atom stereocenters. The molecule has 0 radical (unpaired) electrons. The van der Waals surface area contributed by atoms with Gasteiger partial charge in [0.15, 0.2) is 0 Å². The van der Waals surface area contributed by atoms with Gasteiger partial charge in [0.1, 0.15) is 0 Å². The summed E-state index contributed by atoms with van der Waals surface area (Å²) in [5.41, 5.74) is 2.97. The highest BCUT2D eigenvalue weighted by molar-refractivity contribution is 6.02. The molecule has 1 nitrogen and oxygen atoms in total. The average Bonchev–Trinajstić information content (AvgIpc) is 2.45. The van der Waals surface area contributed by atoms with E-state index in [0.717, 1.165) is 23.2 Å². The van der Waals surface area contributed by atoms with Crippen LogP contribution in [-0.4, -0.2) is 11.6 Å². The summed E-state index contributed by atoms with van der Waals surface area (Å²) >= 11 is 0. The Morgan fingerprint density at radius 2 is 2.00 bits per heavy atom. The summed E-state index contributed by atoms with van der Waals surface area (Å²) in [5, 5.41) is 0. The van der Waals surface area contributed by atoms with Crippen LogP contribution < -0.4 is 0 Å². The van der Waals surface area contributed by atoms with Crippen LogP contribution in [0.25, 0.3) is 0 Å². The van der Waals surface area contributed by atoms with Gasteiger partial charge in [0.2, 0.25) is 0 Å². The standard InChI is InChI=1S/C18H23F2N/c1-6-11-18(19,20)14(5)16(8-3)21-17-12-15(7-2)10-9-13(17)4/h6,9-10,12H,1,5,7-8,11H2,2-4H3. The van der Waals surface area contributed by atoms with Crippen LogP contribution in [0.4, 0.5) is 14.5 Å². The highest BCUT2D eigenvalue weighted by Crippen LogP contribution is 2.31. The fourth-order valence-electron chi connectivity index (χ4n) is 2.02. The first-order valence-corrected chi connectivity index (χ1v) is 7.21. The molecule has 0 fully saturated rings. The molecule has 21 heavy (non-hydrogen) atoms. The Hall–Kier alpha value is -1.77. The lowest BCUT2D eigenvalue weighted by atomic mass is 10.00. The number of alkyl halides is 2. The second-order valence-electron chi connectivity index (χ2n) is 5.06. The zero-order valence-corrected chi connectivity index (χ0v) is 13.0. The van der Waals surface area contributed by atoms with E-state index in [1.807, 2.05) is 32.0 Å². The molecule has 0 amide bonds. The first-order valence-electron chi connectivity index (χ1n) is 7.21. The SMILES string of the molecule is C=CCC(F)(F)C(=C)C(CC)=Nc1cc(CC)ccc1C. The molecule has 0 saturated carbocycles. The number of halogens is 2. The van der Waals surface area contributed by atoms with E-state index >= 15 is 0 Å². The van der Waals surface area contributed by atoms with Crippen molar-refractivity contribution in [3.8, 4) is 0 Å². The van der Waals surface area contributed by atoms with Crippen molar-refractivity contribution in [3.05, 3.63) is 54.1 Å². The molecule has 0 aliphatic heterocycles. The van der Waals surface area contributed by atoms with Crippen molar-refractivity contribution in [2.45, 2.75) is 46.0 Å². The van der Waals surface area contributed by atoms with Crippen LogP contribution in [0, 0.1) is 6.92 Å². The minimum absolute atomic E-state index is 0.216. The molecule has 0 bridgehead atoms. The van der Waals surface area contributed by atoms with Crippen molar-refractivity contribution in [2.24, 2.45) is 4.99 Å². The van der Waals surface area contributed by atoms with Gasteiger partial charge in [0.25, 0.3) is 5.92 Å². The Morgan fingerprint density at radius 3 is 2.52 bits per heavy atom. The van der Waals surface area contributed by atoms with Gasteiger partial charge < -0.3 is 0 Å². The van der Waals surface area contributed by atoms with Crippen molar-refractivity contribution in [2.75, 3.05) is 0 Å². The second kappa shape index (κ2) is 7.30. The lowest BCUT2D eigenvalue weighted by Gasteiger charge is -2.19. The summed E-state index contributed by atoms with van der Waals surface area (Å²) in [6.07, 6.45) is 2.10. The third kappa shape index (κ3) is 4.35. The van der Waals surface area contributed by atoms with Gasteiger partial charge >= 0.3 is 0 Å². The summed E-state index contributed by atoms with van der Waals surface area (Å²) < 4.78 is 27.9. The van der Waals surface area contributed by atoms with Crippen molar-refractivity contribution in [1.82, 2.24) is 0 Å². The summed E-state index contributed by atoms with van der Waals surface area (Å²) in [4.78, 5) is 4.44. The molecule has 3 heteroatoms. The van der Waals surface area contributed by atoms with E-state index < -0.39 is 12.3 Å². The molecule has 1 rings (SSSR count). The van der Waals surface area contributed by atoms with Gasteiger partial charge in [0, 0.05) is 17.7 Å². The van der Waals surface area contributed by atoms with Crippen molar-refractivity contribution in [3.63, 3.8) is 0 Å². The molecule has 0 saturated heterocycles. The molecule has 1 aromatic rings. The van der Waals surface area contributed by atoms with Crippen LogP contribution in [0.15, 0.2) is 48.0 Å². The Morgan fingerprint density at radius 1 is 1.33 bits per heavy atom. The van der Waals surface area contributed by atoms with Crippen LogP contribution >= 0.6 is 0 Å². The summed E-state index contributed by atoms with van der Waals surface area (Å²) in [5.74, 6) is -2.99. The van der Waals surface area contributed by atoms with Crippen LogP contribution in [0.2, 0.25) is 0 Å². The van der Waals surface area contributed by atoms with E-state index in [-0.39, 0.29) is 5.57 Å². The fraction of sp³-hybridized carbons (Fsp3) is 0.389. The Kier molecular flexibility index (Phi) is 6.01. The largest absolute Gasteiger partial charge is 0.277 e. The summed E-state index contributed by atoms with van der Waals surface area (Å²) in [7, 11) is 0. The van der Waals surface area contributed by atoms with E-state index in [4.69, 9.17) is 0 Å². The minimum Gasteiger partial charge on any atom is -0.253 e. The van der Waals surface area contributed by atoms with E-state index in [1.54, 1.807) is 0 Å². The molecule has 1 aromatic carbocycles. The predicted molar refractivity (Wildman–Crippen MR) is 86.8 cm³/mol. The molecule has 114 valence electrons. The lowest BCUT2D eigenvalue weighted by Crippen LogP contribution is -2.23. The number of aliphatic imine (C=N–C) groups is 1. The molecular weight excluding hydrogens is 268 g/mol. The molecule has 0 heterocycles. The quantitative estimate of drug-likeness (QED) is 0.444. The van der Waals surface area contributed by atoms with E-state index in [9.17, 15) is 8.78 Å². The van der Waals surface area contributed by atoms with Gasteiger partial charge in [-0.25, -0.2) is 8.78 Å². The van der Waals surface area contributed by atoms with Gasteiger partial charge in [0.05, 0.1) is 5.69 Å². The Labute approximate surface area is 126 Å². The second-order valence-corrected chi connectivity index (χ2v) is 5.06. The smallest absolute Gasteiger partial charge is 0.253 e. The summed E-state index contributed by atoms with van der Waals surface area (Å²) in [6.45, 7) is 12.7. The topological polar surface area (TPSA) is 12.4 Å². The zero-order chi connectivity index (χ0) is 16.0. The molecule has 0 N–H and O–H groups in total. The van der Waals surface area contributed by atoms with Gasteiger partial charge in [-0.2, -0.15) is 0 Å². The number of hydrogen-bond donors (Lipinski definition) is 0. The third-order valence-electron chi connectivity index (χ3n) is 3.46. The maximum absolute atomic E-state index is 14.0. The number of allylic oxidation sites excluding steroid dienone is 2. The average molecular weight is 291 g/mol. The van der Waals surface area contributed by atoms with Crippen LogP contribution in [0.3, 0.4) is 0 Å². The normalized spacial score (nSPS) is 12.3. The number of nitrogens with zero attached hydrogens (tertiary/aromatic N) is 1. The van der Waals surface area contributed by atoms with Crippen LogP contribution in [0.1, 0.15) is 37.8 Å². The van der Waals surface area contributed by atoms with E-state index in [1.165, 1.54) is 6.08 Å². The molecule has 0 unspecified atom stereocenters. The van der Waals surface area contributed by atoms with Crippen LogP contribution in [-0.2, 0) is 6.42 Å². The third-order valence-corrected chi connectivity index (χ3v) is 3.46. The predicted octanol–water partition coefficient (Wildman–Crippen LogP) is 5.81. The number of hydrogen-bond acceptors (Lipinski definition) is 1. The van der Waals surface area contributed by atoms with Crippen molar-refractivity contribution in [1.29, 1.82) is 0 Å². The maximum atomic E-state index is 14.0. The summed E-state index contributed by atoms with van der Waals surface area (Å²) in [6, 6.07) is 5.95. The van der Waals surface area contributed by atoms with Crippen molar-refractivity contribution >= 4 is 11.4 Å². The van der Waals surface area contributed by atoms with E-state index in [0.29, 0.717) is 12.1 Å². The van der Waals surface area contributed by atoms with Crippen molar-refractivity contribution < 1.29 is 8.78 Å².